The Morgan fingerprint density at radius 3 is 2.87 bits per heavy atom. The van der Waals surface area contributed by atoms with E-state index >= 15 is 0 Å². The van der Waals surface area contributed by atoms with Gasteiger partial charge in [-0.1, -0.05) is 12.7 Å². The number of carbonyl (C=O) groups is 1. The van der Waals surface area contributed by atoms with Crippen LogP contribution < -0.4 is 10.1 Å². The molecule has 0 aliphatic carbocycles. The number of ether oxygens (including phenoxy) is 1. The summed E-state index contributed by atoms with van der Waals surface area (Å²) in [6.07, 6.45) is 10.5. The van der Waals surface area contributed by atoms with E-state index < -0.39 is 0 Å². The maximum Gasteiger partial charge on any atom is 0.246 e. The summed E-state index contributed by atoms with van der Waals surface area (Å²) in [6, 6.07) is 9.42. The molecule has 6 rings (SSSR count). The van der Waals surface area contributed by atoms with Gasteiger partial charge in [0.2, 0.25) is 11.8 Å². The van der Waals surface area contributed by atoms with Crippen LogP contribution in [0.2, 0.25) is 0 Å². The average Bonchev–Trinajstić information content (AvgIpc) is 3.42. The number of pyridine rings is 3. The minimum absolute atomic E-state index is 0.0663. The van der Waals surface area contributed by atoms with Crippen molar-refractivity contribution in [3.8, 4) is 11.6 Å². The molecule has 0 atom stereocenters. The van der Waals surface area contributed by atoms with Crippen LogP contribution in [0.15, 0.2) is 74.1 Å². The molecular formula is C27H23N9O2. The zero-order chi connectivity index (χ0) is 26.1. The Morgan fingerprint density at radius 1 is 1.13 bits per heavy atom. The maximum absolute atomic E-state index is 11.9. The Kier molecular flexibility index (Phi) is 5.92. The standard InChI is InChI=1S/C27H23N9O2/c1-3-24(37)35-9-6-18(7-10-35)21-4-5-22-25(34-21)26(31-15-29-22)33-19-12-17(2)27(28-14-19)38-20-8-11-36-23(13-20)30-16-32-36/h3-6,8,11-16H,1,7,9-10H2,2H3,(H,29,31,33). The molecular weight excluding hydrogens is 482 g/mol. The lowest BCUT2D eigenvalue weighted by molar-refractivity contribution is -0.125. The zero-order valence-electron chi connectivity index (χ0n) is 20.6. The van der Waals surface area contributed by atoms with Crippen LogP contribution in [-0.2, 0) is 4.79 Å². The number of hydrogen-bond acceptors (Lipinski definition) is 9. The Morgan fingerprint density at radius 2 is 2.05 bits per heavy atom. The number of hydrogen-bond donors (Lipinski definition) is 1. The van der Waals surface area contributed by atoms with E-state index in [-0.39, 0.29) is 5.91 Å². The summed E-state index contributed by atoms with van der Waals surface area (Å²) in [7, 11) is 0. The largest absolute Gasteiger partial charge is 0.439 e. The van der Waals surface area contributed by atoms with Crippen molar-refractivity contribution in [2.75, 3.05) is 18.4 Å². The molecule has 1 aliphatic heterocycles. The highest BCUT2D eigenvalue weighted by molar-refractivity contribution is 5.89. The smallest absolute Gasteiger partial charge is 0.246 e. The van der Waals surface area contributed by atoms with E-state index in [2.05, 4.69) is 36.9 Å². The molecule has 0 radical (unpaired) electrons. The van der Waals surface area contributed by atoms with Crippen LogP contribution in [0, 0.1) is 6.92 Å². The first-order valence-electron chi connectivity index (χ1n) is 12.0. The molecule has 0 bridgehead atoms. The van der Waals surface area contributed by atoms with Crippen LogP contribution in [0.25, 0.3) is 22.3 Å². The molecule has 6 heterocycles. The van der Waals surface area contributed by atoms with Crippen LogP contribution in [0.5, 0.6) is 11.6 Å². The van der Waals surface area contributed by atoms with Crippen molar-refractivity contribution in [2.45, 2.75) is 13.3 Å². The molecule has 11 heteroatoms. The fourth-order valence-corrected chi connectivity index (χ4v) is 4.29. The second kappa shape index (κ2) is 9.69. The van der Waals surface area contributed by atoms with E-state index in [1.807, 2.05) is 37.3 Å². The van der Waals surface area contributed by atoms with Crippen LogP contribution in [0.3, 0.4) is 0 Å². The van der Waals surface area contributed by atoms with E-state index in [4.69, 9.17) is 9.72 Å². The summed E-state index contributed by atoms with van der Waals surface area (Å²) in [5, 5.41) is 7.41. The lowest BCUT2D eigenvalue weighted by Crippen LogP contribution is -2.33. The van der Waals surface area contributed by atoms with Gasteiger partial charge in [-0.3, -0.25) is 4.79 Å². The molecule has 38 heavy (non-hydrogen) atoms. The predicted molar refractivity (Wildman–Crippen MR) is 142 cm³/mol. The molecule has 188 valence electrons. The number of rotatable bonds is 6. The summed E-state index contributed by atoms with van der Waals surface area (Å²) in [4.78, 5) is 36.0. The van der Waals surface area contributed by atoms with Gasteiger partial charge < -0.3 is 15.0 Å². The quantitative estimate of drug-likeness (QED) is 0.340. The molecule has 5 aromatic rings. The highest BCUT2D eigenvalue weighted by Crippen LogP contribution is 2.29. The van der Waals surface area contributed by atoms with Crippen molar-refractivity contribution >= 4 is 39.7 Å². The topological polar surface area (TPSA) is 123 Å². The number of anilines is 2. The summed E-state index contributed by atoms with van der Waals surface area (Å²) < 4.78 is 7.64. The summed E-state index contributed by atoms with van der Waals surface area (Å²) in [5.74, 6) is 1.61. The van der Waals surface area contributed by atoms with Gasteiger partial charge in [0, 0.05) is 30.9 Å². The van der Waals surface area contributed by atoms with Gasteiger partial charge in [-0.25, -0.2) is 29.4 Å². The number of fused-ring (bicyclic) bond motifs is 2. The molecule has 5 aromatic heterocycles. The van der Waals surface area contributed by atoms with Crippen molar-refractivity contribution in [1.29, 1.82) is 0 Å². The molecule has 0 saturated carbocycles. The molecule has 1 amide bonds. The van der Waals surface area contributed by atoms with E-state index in [9.17, 15) is 4.79 Å². The van der Waals surface area contributed by atoms with Crippen molar-refractivity contribution < 1.29 is 9.53 Å². The van der Waals surface area contributed by atoms with Crippen LogP contribution >= 0.6 is 0 Å². The average molecular weight is 506 g/mol. The second-order valence-corrected chi connectivity index (χ2v) is 8.75. The zero-order valence-corrected chi connectivity index (χ0v) is 20.6. The summed E-state index contributed by atoms with van der Waals surface area (Å²) in [6.45, 7) is 6.64. The number of carbonyl (C=O) groups excluding carboxylic acids is 1. The molecule has 0 saturated heterocycles. The number of amides is 1. The van der Waals surface area contributed by atoms with Crippen molar-refractivity contribution in [2.24, 2.45) is 0 Å². The molecule has 0 spiro atoms. The molecule has 0 unspecified atom stereocenters. The molecule has 11 nitrogen and oxygen atoms in total. The normalized spacial score (nSPS) is 13.4. The minimum Gasteiger partial charge on any atom is -0.439 e. The lowest BCUT2D eigenvalue weighted by atomic mass is 10.0. The van der Waals surface area contributed by atoms with Crippen LogP contribution in [0.1, 0.15) is 17.7 Å². The Labute approximate surface area is 217 Å². The second-order valence-electron chi connectivity index (χ2n) is 8.75. The Balaban J connectivity index is 1.23. The van der Waals surface area contributed by atoms with E-state index in [1.165, 1.54) is 18.7 Å². The lowest BCUT2D eigenvalue weighted by Gasteiger charge is -2.25. The summed E-state index contributed by atoms with van der Waals surface area (Å²) >= 11 is 0. The fourth-order valence-electron chi connectivity index (χ4n) is 4.29. The van der Waals surface area contributed by atoms with Gasteiger partial charge in [0.05, 0.1) is 23.1 Å². The van der Waals surface area contributed by atoms with E-state index in [0.29, 0.717) is 48.1 Å². The van der Waals surface area contributed by atoms with Crippen molar-refractivity contribution in [3.63, 3.8) is 0 Å². The number of aromatic nitrogens is 7. The first-order valence-corrected chi connectivity index (χ1v) is 12.0. The van der Waals surface area contributed by atoms with Gasteiger partial charge in [0.25, 0.3) is 0 Å². The van der Waals surface area contributed by atoms with E-state index in [0.717, 1.165) is 28.0 Å². The molecule has 1 aliphatic rings. The first kappa shape index (κ1) is 23.2. The van der Waals surface area contributed by atoms with Gasteiger partial charge >= 0.3 is 0 Å². The monoisotopic (exact) mass is 505 g/mol. The SMILES string of the molecule is C=CC(=O)N1CC=C(c2ccc3ncnc(Nc4cnc(Oc5ccn6ncnc6c5)c(C)c4)c3n2)CC1. The van der Waals surface area contributed by atoms with Gasteiger partial charge in [-0.15, -0.1) is 0 Å². The van der Waals surface area contributed by atoms with Gasteiger partial charge in [-0.2, -0.15) is 5.10 Å². The van der Waals surface area contributed by atoms with E-state index in [1.54, 1.807) is 27.9 Å². The third-order valence-corrected chi connectivity index (χ3v) is 6.27. The van der Waals surface area contributed by atoms with Gasteiger partial charge in [0.15, 0.2) is 11.5 Å². The Bertz CT molecular complexity index is 1730. The van der Waals surface area contributed by atoms with Crippen molar-refractivity contribution in [1.82, 2.24) is 39.4 Å². The third kappa shape index (κ3) is 4.52. The molecule has 0 aromatic carbocycles. The number of nitrogens with one attached hydrogen (secondary N) is 1. The van der Waals surface area contributed by atoms with Crippen LogP contribution in [-0.4, -0.2) is 58.4 Å². The molecule has 0 fully saturated rings. The fraction of sp³-hybridized carbons (Fsp3) is 0.148. The van der Waals surface area contributed by atoms with Gasteiger partial charge in [-0.05, 0) is 49.3 Å². The highest BCUT2D eigenvalue weighted by Gasteiger charge is 2.17. The summed E-state index contributed by atoms with van der Waals surface area (Å²) in [5.41, 5.74) is 5.56. The number of nitrogens with zero attached hydrogens (tertiary/aromatic N) is 8. The van der Waals surface area contributed by atoms with Crippen molar-refractivity contribution in [3.05, 3.63) is 85.4 Å². The maximum atomic E-state index is 11.9. The number of aryl methyl sites for hydroxylation is 1. The minimum atomic E-state index is -0.0663. The van der Waals surface area contributed by atoms with Crippen LogP contribution in [0.4, 0.5) is 11.5 Å². The molecule has 1 N–H and O–H groups in total. The Hall–Kier alpha value is -5.19. The third-order valence-electron chi connectivity index (χ3n) is 6.27. The highest BCUT2D eigenvalue weighted by atomic mass is 16.5. The predicted octanol–water partition coefficient (Wildman–Crippen LogP) is 4.11. The first-order chi connectivity index (χ1) is 18.6. The van der Waals surface area contributed by atoms with Gasteiger partial charge in [0.1, 0.15) is 23.9 Å².